The van der Waals surface area contributed by atoms with E-state index in [0.717, 1.165) is 5.56 Å². The minimum Gasteiger partial charge on any atom is -0.493 e. The number of aryl methyl sites for hydroxylation is 1. The first-order chi connectivity index (χ1) is 14.8. The first kappa shape index (κ1) is 21.8. The van der Waals surface area contributed by atoms with Crippen molar-refractivity contribution >= 4 is 22.0 Å². The molecule has 3 aromatic carbocycles. The van der Waals surface area contributed by atoms with Crippen LogP contribution in [0, 0.1) is 18.3 Å². The highest BCUT2D eigenvalue weighted by atomic mass is 32.2. The van der Waals surface area contributed by atoms with Gasteiger partial charge < -0.3 is 8.92 Å². The van der Waals surface area contributed by atoms with Crippen molar-refractivity contribution in [3.05, 3.63) is 95.1 Å². The van der Waals surface area contributed by atoms with Crippen LogP contribution in [0.2, 0.25) is 0 Å². The molecule has 31 heavy (non-hydrogen) atoms. The van der Waals surface area contributed by atoms with Crippen molar-refractivity contribution in [2.24, 2.45) is 0 Å². The van der Waals surface area contributed by atoms with E-state index in [-0.39, 0.29) is 22.2 Å². The summed E-state index contributed by atoms with van der Waals surface area (Å²) in [6, 6.07) is 19.3. The van der Waals surface area contributed by atoms with Crippen LogP contribution in [0.3, 0.4) is 0 Å². The molecule has 0 bridgehead atoms. The Balaban J connectivity index is 1.79. The van der Waals surface area contributed by atoms with E-state index in [1.54, 1.807) is 54.6 Å². The Morgan fingerprint density at radius 2 is 1.65 bits per heavy atom. The summed E-state index contributed by atoms with van der Waals surface area (Å²) in [5, 5.41) is 8.83. The van der Waals surface area contributed by atoms with Crippen molar-refractivity contribution in [1.82, 2.24) is 0 Å². The van der Waals surface area contributed by atoms with Crippen molar-refractivity contribution in [1.29, 1.82) is 5.26 Å². The average molecular weight is 433 g/mol. The van der Waals surface area contributed by atoms with Crippen LogP contribution >= 0.6 is 0 Å². The Kier molecular flexibility index (Phi) is 6.53. The first-order valence-electron chi connectivity index (χ1n) is 9.24. The van der Waals surface area contributed by atoms with Crippen LogP contribution in [0.5, 0.6) is 11.5 Å². The van der Waals surface area contributed by atoms with Gasteiger partial charge in [0.1, 0.15) is 4.90 Å². The van der Waals surface area contributed by atoms with Crippen molar-refractivity contribution in [3.63, 3.8) is 0 Å². The van der Waals surface area contributed by atoms with E-state index in [9.17, 15) is 13.2 Å². The van der Waals surface area contributed by atoms with Crippen molar-refractivity contribution in [3.8, 4) is 17.6 Å². The molecule has 0 spiro atoms. The number of rotatable bonds is 7. The van der Waals surface area contributed by atoms with Crippen molar-refractivity contribution in [2.75, 3.05) is 7.11 Å². The Labute approximate surface area is 181 Å². The lowest BCUT2D eigenvalue weighted by Crippen LogP contribution is -2.10. The monoisotopic (exact) mass is 433 g/mol. The van der Waals surface area contributed by atoms with E-state index in [2.05, 4.69) is 0 Å². The molecule has 0 aliphatic heterocycles. The summed E-state index contributed by atoms with van der Waals surface area (Å²) >= 11 is 0. The highest BCUT2D eigenvalue weighted by Gasteiger charge is 2.19. The number of allylic oxidation sites excluding steroid dienone is 1. The minimum atomic E-state index is -4.02. The molecule has 0 aliphatic rings. The van der Waals surface area contributed by atoms with Crippen LogP contribution in [0.25, 0.3) is 6.08 Å². The maximum atomic E-state index is 12.5. The molecule has 3 aromatic rings. The normalized spacial score (nSPS) is 11.1. The number of nitrogens with zero attached hydrogens (tertiary/aromatic N) is 1. The van der Waals surface area contributed by atoms with E-state index < -0.39 is 10.1 Å². The smallest absolute Gasteiger partial charge is 0.339 e. The summed E-state index contributed by atoms with van der Waals surface area (Å²) in [6.07, 6.45) is 2.97. The number of carbonyl (C=O) groups excluding carboxylic acids is 1. The third-order valence-electron chi connectivity index (χ3n) is 4.42. The molecular weight excluding hydrogens is 414 g/mol. The number of ketones is 1. The number of methoxy groups -OCH3 is 1. The third-order valence-corrected chi connectivity index (χ3v) is 5.67. The van der Waals surface area contributed by atoms with Gasteiger partial charge in [0.05, 0.1) is 18.7 Å². The van der Waals surface area contributed by atoms with Crippen LogP contribution in [0.1, 0.15) is 27.0 Å². The summed E-state index contributed by atoms with van der Waals surface area (Å²) in [7, 11) is -2.62. The molecule has 0 aromatic heterocycles. The minimum absolute atomic E-state index is 0.0390. The second-order valence-corrected chi connectivity index (χ2v) is 8.19. The van der Waals surface area contributed by atoms with E-state index in [0.29, 0.717) is 16.7 Å². The number of benzene rings is 3. The van der Waals surface area contributed by atoms with Gasteiger partial charge in [0, 0.05) is 5.56 Å². The molecule has 0 N–H and O–H groups in total. The van der Waals surface area contributed by atoms with Gasteiger partial charge in [-0.25, -0.2) is 0 Å². The standard InChI is InChI=1S/C24H19NO5S/c1-17-3-11-21(12-4-17)31(27,28)30-23-14-8-18(15-24(23)29-2)7-13-22(26)20-9-5-19(16-25)6-10-20/h3-15H,1-2H3/b13-7+. The second-order valence-electron chi connectivity index (χ2n) is 6.65. The zero-order chi connectivity index (χ0) is 22.4. The summed E-state index contributed by atoms with van der Waals surface area (Å²) < 4.78 is 35.6. The molecule has 0 radical (unpaired) electrons. The predicted molar refractivity (Wildman–Crippen MR) is 117 cm³/mol. The number of nitriles is 1. The fourth-order valence-corrected chi connectivity index (χ4v) is 3.64. The quantitative estimate of drug-likeness (QED) is 0.309. The summed E-state index contributed by atoms with van der Waals surface area (Å²) in [5.41, 5.74) is 2.48. The van der Waals surface area contributed by atoms with Gasteiger partial charge in [-0.15, -0.1) is 0 Å². The van der Waals surface area contributed by atoms with E-state index in [1.807, 2.05) is 13.0 Å². The topological polar surface area (TPSA) is 93.5 Å². The number of carbonyl (C=O) groups is 1. The Hall–Kier alpha value is -3.89. The lowest BCUT2D eigenvalue weighted by atomic mass is 10.1. The molecular formula is C24H19NO5S. The van der Waals surface area contributed by atoms with Gasteiger partial charge in [0.25, 0.3) is 0 Å². The van der Waals surface area contributed by atoms with E-state index >= 15 is 0 Å². The summed E-state index contributed by atoms with van der Waals surface area (Å²) in [6.45, 7) is 1.86. The molecule has 0 heterocycles. The van der Waals surface area contributed by atoms with Crippen LogP contribution in [0.15, 0.2) is 77.7 Å². The predicted octanol–water partition coefficient (Wildman–Crippen LogP) is 4.54. The number of hydrogen-bond acceptors (Lipinski definition) is 6. The van der Waals surface area contributed by atoms with Crippen LogP contribution in [0.4, 0.5) is 0 Å². The molecule has 0 saturated carbocycles. The van der Waals surface area contributed by atoms with Gasteiger partial charge in [-0.2, -0.15) is 13.7 Å². The lowest BCUT2D eigenvalue weighted by molar-refractivity contribution is 0.104. The van der Waals surface area contributed by atoms with Gasteiger partial charge >= 0.3 is 10.1 Å². The van der Waals surface area contributed by atoms with E-state index in [1.165, 1.54) is 31.4 Å². The summed E-state index contributed by atoms with van der Waals surface area (Å²) in [5.74, 6) is 0.0213. The zero-order valence-corrected chi connectivity index (χ0v) is 17.7. The molecule has 0 atom stereocenters. The molecule has 156 valence electrons. The Morgan fingerprint density at radius 1 is 0.968 bits per heavy atom. The van der Waals surface area contributed by atoms with E-state index in [4.69, 9.17) is 14.2 Å². The van der Waals surface area contributed by atoms with Crippen molar-refractivity contribution < 1.29 is 22.1 Å². The Bertz CT molecular complexity index is 1270. The van der Waals surface area contributed by atoms with Gasteiger partial charge in [0.15, 0.2) is 17.3 Å². The number of ether oxygens (including phenoxy) is 1. The molecule has 3 rings (SSSR count). The number of hydrogen-bond donors (Lipinski definition) is 0. The molecule has 6 nitrogen and oxygen atoms in total. The maximum Gasteiger partial charge on any atom is 0.339 e. The third kappa shape index (κ3) is 5.38. The van der Waals surface area contributed by atoms with Crippen molar-refractivity contribution in [2.45, 2.75) is 11.8 Å². The molecule has 7 heteroatoms. The Morgan fingerprint density at radius 3 is 2.26 bits per heavy atom. The maximum absolute atomic E-state index is 12.5. The average Bonchev–Trinajstić information content (AvgIpc) is 2.78. The van der Waals surface area contributed by atoms with Crippen LogP contribution < -0.4 is 8.92 Å². The molecule has 0 amide bonds. The first-order valence-corrected chi connectivity index (χ1v) is 10.6. The SMILES string of the molecule is COc1cc(/C=C/C(=O)c2ccc(C#N)cc2)ccc1OS(=O)(=O)c1ccc(C)cc1. The zero-order valence-electron chi connectivity index (χ0n) is 16.9. The largest absolute Gasteiger partial charge is 0.493 e. The van der Waals surface area contributed by atoms with Crippen LogP contribution in [-0.4, -0.2) is 21.3 Å². The van der Waals surface area contributed by atoms with Gasteiger partial charge in [-0.05, 0) is 67.1 Å². The fraction of sp³-hybridized carbons (Fsp3) is 0.0833. The van der Waals surface area contributed by atoms with Gasteiger partial charge in [-0.1, -0.05) is 29.8 Å². The lowest BCUT2D eigenvalue weighted by Gasteiger charge is -2.11. The fourth-order valence-electron chi connectivity index (χ4n) is 2.71. The van der Waals surface area contributed by atoms with Crippen LogP contribution in [-0.2, 0) is 10.1 Å². The molecule has 0 unspecified atom stereocenters. The molecule has 0 aliphatic carbocycles. The molecule has 0 fully saturated rings. The second kappa shape index (κ2) is 9.28. The van der Waals surface area contributed by atoms with Gasteiger partial charge in [0.2, 0.25) is 0 Å². The highest BCUT2D eigenvalue weighted by molar-refractivity contribution is 7.87. The van der Waals surface area contributed by atoms with Gasteiger partial charge in [-0.3, -0.25) is 4.79 Å². The highest BCUT2D eigenvalue weighted by Crippen LogP contribution is 2.31. The summed E-state index contributed by atoms with van der Waals surface area (Å²) in [4.78, 5) is 12.3. The molecule has 0 saturated heterocycles.